The van der Waals surface area contributed by atoms with E-state index in [1.54, 1.807) is 6.92 Å². The lowest BCUT2D eigenvalue weighted by Crippen LogP contribution is -2.07. The molecule has 0 heterocycles. The fourth-order valence-electron chi connectivity index (χ4n) is 1.58. The van der Waals surface area contributed by atoms with E-state index < -0.39 is 5.97 Å². The predicted octanol–water partition coefficient (Wildman–Crippen LogP) is 2.75. The van der Waals surface area contributed by atoms with Gasteiger partial charge < -0.3 is 10.4 Å². The smallest absolute Gasteiger partial charge is 0.328 e. The SMILES string of the molecule is C/C(=C/C(=O)O)CNc1c(C)cccc1C. The zero-order chi connectivity index (χ0) is 12.1. The van der Waals surface area contributed by atoms with Gasteiger partial charge in [-0.25, -0.2) is 4.79 Å². The Morgan fingerprint density at radius 3 is 2.44 bits per heavy atom. The number of carbonyl (C=O) groups is 1. The van der Waals surface area contributed by atoms with Crippen molar-refractivity contribution in [3.63, 3.8) is 0 Å². The van der Waals surface area contributed by atoms with Crippen molar-refractivity contribution in [2.45, 2.75) is 20.8 Å². The van der Waals surface area contributed by atoms with Crippen LogP contribution in [0.5, 0.6) is 0 Å². The number of hydrogen-bond donors (Lipinski definition) is 2. The molecule has 2 N–H and O–H groups in total. The Morgan fingerprint density at radius 2 is 1.94 bits per heavy atom. The first-order valence-corrected chi connectivity index (χ1v) is 5.21. The van der Waals surface area contributed by atoms with Crippen molar-refractivity contribution in [2.24, 2.45) is 0 Å². The van der Waals surface area contributed by atoms with Crippen molar-refractivity contribution >= 4 is 11.7 Å². The Labute approximate surface area is 95.8 Å². The quantitative estimate of drug-likeness (QED) is 0.765. The second kappa shape index (κ2) is 5.35. The van der Waals surface area contributed by atoms with Crippen LogP contribution in [0.15, 0.2) is 29.8 Å². The number of anilines is 1. The van der Waals surface area contributed by atoms with E-state index >= 15 is 0 Å². The van der Waals surface area contributed by atoms with Gasteiger partial charge in [-0.1, -0.05) is 18.2 Å². The molecule has 0 fully saturated rings. The first kappa shape index (κ1) is 12.3. The molecule has 0 aliphatic heterocycles. The van der Waals surface area contributed by atoms with Gasteiger partial charge in [0, 0.05) is 18.3 Å². The van der Waals surface area contributed by atoms with Gasteiger partial charge in [0.1, 0.15) is 0 Å². The lowest BCUT2D eigenvalue weighted by Gasteiger charge is -2.12. The van der Waals surface area contributed by atoms with Crippen molar-refractivity contribution in [3.05, 3.63) is 41.0 Å². The molecular weight excluding hydrogens is 202 g/mol. The summed E-state index contributed by atoms with van der Waals surface area (Å²) in [5.41, 5.74) is 4.22. The fraction of sp³-hybridized carbons (Fsp3) is 0.308. The molecule has 0 radical (unpaired) electrons. The average molecular weight is 219 g/mol. The first-order valence-electron chi connectivity index (χ1n) is 5.21. The highest BCUT2D eigenvalue weighted by molar-refractivity contribution is 5.80. The highest BCUT2D eigenvalue weighted by Gasteiger charge is 2.01. The van der Waals surface area contributed by atoms with Gasteiger partial charge in [0.05, 0.1) is 0 Å². The minimum absolute atomic E-state index is 0.554. The Hall–Kier alpha value is -1.77. The molecule has 3 nitrogen and oxygen atoms in total. The Kier molecular flexibility index (Phi) is 4.11. The van der Waals surface area contributed by atoms with Crippen molar-refractivity contribution in [2.75, 3.05) is 11.9 Å². The highest BCUT2D eigenvalue weighted by atomic mass is 16.4. The van der Waals surface area contributed by atoms with Crippen LogP contribution in [-0.2, 0) is 4.79 Å². The normalized spacial score (nSPS) is 11.3. The van der Waals surface area contributed by atoms with Crippen molar-refractivity contribution < 1.29 is 9.90 Å². The van der Waals surface area contributed by atoms with Gasteiger partial charge in [-0.2, -0.15) is 0 Å². The van der Waals surface area contributed by atoms with E-state index in [4.69, 9.17) is 5.11 Å². The van der Waals surface area contributed by atoms with Gasteiger partial charge in [-0.3, -0.25) is 0 Å². The number of hydrogen-bond acceptors (Lipinski definition) is 2. The standard InChI is InChI=1S/C13H17NO2/c1-9(7-12(15)16)8-14-13-10(2)5-4-6-11(13)3/h4-7,14H,8H2,1-3H3,(H,15,16)/b9-7-. The van der Waals surface area contributed by atoms with Crippen LogP contribution in [-0.4, -0.2) is 17.6 Å². The summed E-state index contributed by atoms with van der Waals surface area (Å²) in [5.74, 6) is -0.902. The van der Waals surface area contributed by atoms with E-state index in [9.17, 15) is 4.79 Å². The topological polar surface area (TPSA) is 49.3 Å². The number of aliphatic carboxylic acids is 1. The van der Waals surface area contributed by atoms with Crippen LogP contribution in [0.25, 0.3) is 0 Å². The summed E-state index contributed by atoms with van der Waals surface area (Å²) in [6.45, 7) is 6.42. The van der Waals surface area contributed by atoms with Crippen LogP contribution < -0.4 is 5.32 Å². The van der Waals surface area contributed by atoms with E-state index in [-0.39, 0.29) is 0 Å². The third-order valence-electron chi connectivity index (χ3n) is 2.40. The number of para-hydroxylation sites is 1. The van der Waals surface area contributed by atoms with Crippen LogP contribution in [0, 0.1) is 13.8 Å². The summed E-state index contributed by atoms with van der Waals surface area (Å²) in [4.78, 5) is 10.5. The molecule has 16 heavy (non-hydrogen) atoms. The van der Waals surface area contributed by atoms with Gasteiger partial charge >= 0.3 is 5.97 Å². The molecule has 0 saturated carbocycles. The zero-order valence-corrected chi connectivity index (χ0v) is 9.87. The molecule has 0 spiro atoms. The predicted molar refractivity (Wildman–Crippen MR) is 65.8 cm³/mol. The fourth-order valence-corrected chi connectivity index (χ4v) is 1.58. The molecular formula is C13H17NO2. The number of rotatable bonds is 4. The van der Waals surface area contributed by atoms with E-state index in [0.29, 0.717) is 6.54 Å². The molecule has 0 aliphatic carbocycles. The van der Waals surface area contributed by atoms with Crippen LogP contribution >= 0.6 is 0 Å². The molecule has 1 aromatic rings. The lowest BCUT2D eigenvalue weighted by molar-refractivity contribution is -0.131. The molecule has 0 bridgehead atoms. The summed E-state index contributed by atoms with van der Waals surface area (Å²) < 4.78 is 0. The molecule has 0 aromatic heterocycles. The van der Waals surface area contributed by atoms with E-state index in [0.717, 1.165) is 11.3 Å². The Morgan fingerprint density at radius 1 is 1.38 bits per heavy atom. The zero-order valence-electron chi connectivity index (χ0n) is 9.87. The number of aryl methyl sites for hydroxylation is 2. The lowest BCUT2D eigenvalue weighted by atomic mass is 10.1. The minimum Gasteiger partial charge on any atom is -0.478 e. The summed E-state index contributed by atoms with van der Waals surface area (Å²) in [5, 5.41) is 11.8. The molecule has 0 aliphatic rings. The number of carboxylic acid groups (broad SMARTS) is 1. The molecule has 0 amide bonds. The second-order valence-corrected chi connectivity index (χ2v) is 3.95. The molecule has 0 atom stereocenters. The van der Waals surface area contributed by atoms with Gasteiger partial charge in [0.15, 0.2) is 0 Å². The van der Waals surface area contributed by atoms with Gasteiger partial charge in [-0.05, 0) is 37.5 Å². The molecule has 1 rings (SSSR count). The minimum atomic E-state index is -0.902. The maximum atomic E-state index is 10.5. The summed E-state index contributed by atoms with van der Waals surface area (Å²) in [7, 11) is 0. The van der Waals surface area contributed by atoms with Gasteiger partial charge in [-0.15, -0.1) is 0 Å². The van der Waals surface area contributed by atoms with Crippen LogP contribution in [0.4, 0.5) is 5.69 Å². The highest BCUT2D eigenvalue weighted by Crippen LogP contribution is 2.19. The first-order chi connectivity index (χ1) is 7.50. The number of nitrogens with one attached hydrogen (secondary N) is 1. The van der Waals surface area contributed by atoms with Crippen molar-refractivity contribution in [1.82, 2.24) is 0 Å². The van der Waals surface area contributed by atoms with Crippen LogP contribution in [0.3, 0.4) is 0 Å². The number of benzene rings is 1. The summed E-state index contributed by atoms with van der Waals surface area (Å²) >= 11 is 0. The van der Waals surface area contributed by atoms with Crippen LogP contribution in [0.2, 0.25) is 0 Å². The van der Waals surface area contributed by atoms with Crippen LogP contribution in [0.1, 0.15) is 18.1 Å². The van der Waals surface area contributed by atoms with Crippen molar-refractivity contribution in [1.29, 1.82) is 0 Å². The summed E-state index contributed by atoms with van der Waals surface area (Å²) in [6.07, 6.45) is 1.22. The van der Waals surface area contributed by atoms with Gasteiger partial charge in [0.2, 0.25) is 0 Å². The molecule has 0 saturated heterocycles. The second-order valence-electron chi connectivity index (χ2n) is 3.95. The van der Waals surface area contributed by atoms with E-state index in [1.165, 1.54) is 17.2 Å². The molecule has 0 unspecified atom stereocenters. The Balaban J connectivity index is 2.72. The van der Waals surface area contributed by atoms with E-state index in [1.807, 2.05) is 32.0 Å². The third kappa shape index (κ3) is 3.42. The largest absolute Gasteiger partial charge is 0.478 e. The Bertz CT molecular complexity index is 402. The average Bonchev–Trinajstić information content (AvgIpc) is 2.15. The summed E-state index contributed by atoms with van der Waals surface area (Å²) in [6, 6.07) is 6.08. The van der Waals surface area contributed by atoms with Crippen molar-refractivity contribution in [3.8, 4) is 0 Å². The maximum absolute atomic E-state index is 10.5. The number of carboxylic acids is 1. The van der Waals surface area contributed by atoms with Gasteiger partial charge in [0.25, 0.3) is 0 Å². The van der Waals surface area contributed by atoms with E-state index in [2.05, 4.69) is 5.32 Å². The maximum Gasteiger partial charge on any atom is 0.328 e. The third-order valence-corrected chi connectivity index (χ3v) is 2.40. The molecule has 86 valence electrons. The monoisotopic (exact) mass is 219 g/mol. The molecule has 1 aromatic carbocycles. The molecule has 3 heteroatoms.